The Balaban J connectivity index is 1.73. The molecule has 1 aromatic rings. The SMILES string of the molecule is CCCc1nc(SCC(=O)NC2CCCCC2C)n[nH]1. The van der Waals surface area contributed by atoms with E-state index in [1.54, 1.807) is 0 Å². The van der Waals surface area contributed by atoms with Crippen LogP contribution in [-0.4, -0.2) is 32.9 Å². The molecule has 1 saturated carbocycles. The Kier molecular flexibility index (Phi) is 5.88. The molecule has 0 aliphatic heterocycles. The summed E-state index contributed by atoms with van der Waals surface area (Å²) < 4.78 is 0. The zero-order chi connectivity index (χ0) is 14.4. The number of aromatic amines is 1. The molecule has 1 fully saturated rings. The fourth-order valence-corrected chi connectivity index (χ4v) is 3.23. The van der Waals surface area contributed by atoms with Crippen LogP contribution in [0, 0.1) is 5.92 Å². The molecule has 2 rings (SSSR count). The van der Waals surface area contributed by atoms with Gasteiger partial charge in [0.15, 0.2) is 0 Å². The van der Waals surface area contributed by atoms with Crippen molar-refractivity contribution in [2.75, 3.05) is 5.75 Å². The van der Waals surface area contributed by atoms with E-state index in [9.17, 15) is 4.79 Å². The van der Waals surface area contributed by atoms with E-state index in [1.165, 1.54) is 31.0 Å². The number of aromatic nitrogens is 3. The van der Waals surface area contributed by atoms with Crippen molar-refractivity contribution < 1.29 is 4.79 Å². The molecule has 20 heavy (non-hydrogen) atoms. The number of nitrogens with one attached hydrogen (secondary N) is 2. The first-order valence-corrected chi connectivity index (χ1v) is 8.51. The molecule has 112 valence electrons. The molecule has 2 unspecified atom stereocenters. The Morgan fingerprint density at radius 2 is 2.25 bits per heavy atom. The summed E-state index contributed by atoms with van der Waals surface area (Å²) in [5, 5.41) is 10.8. The largest absolute Gasteiger partial charge is 0.352 e. The van der Waals surface area contributed by atoms with Crippen LogP contribution >= 0.6 is 11.8 Å². The lowest BCUT2D eigenvalue weighted by atomic mass is 9.86. The van der Waals surface area contributed by atoms with Crippen molar-refractivity contribution >= 4 is 17.7 Å². The maximum atomic E-state index is 12.0. The average molecular weight is 296 g/mol. The molecule has 2 atom stereocenters. The molecule has 0 spiro atoms. The van der Waals surface area contributed by atoms with Crippen molar-refractivity contribution in [1.29, 1.82) is 0 Å². The Hall–Kier alpha value is -1.04. The smallest absolute Gasteiger partial charge is 0.230 e. The van der Waals surface area contributed by atoms with E-state index in [2.05, 4.69) is 34.3 Å². The summed E-state index contributed by atoms with van der Waals surface area (Å²) in [6.07, 6.45) is 6.79. The number of nitrogens with zero attached hydrogens (tertiary/aromatic N) is 2. The van der Waals surface area contributed by atoms with Crippen molar-refractivity contribution in [2.45, 2.75) is 63.6 Å². The van der Waals surface area contributed by atoms with Crippen molar-refractivity contribution in [3.8, 4) is 0 Å². The molecule has 2 N–H and O–H groups in total. The zero-order valence-corrected chi connectivity index (χ0v) is 13.1. The zero-order valence-electron chi connectivity index (χ0n) is 12.3. The molecule has 0 bridgehead atoms. The summed E-state index contributed by atoms with van der Waals surface area (Å²) in [6, 6.07) is 0.347. The number of carbonyl (C=O) groups excluding carboxylic acids is 1. The van der Waals surface area contributed by atoms with Crippen LogP contribution in [0.15, 0.2) is 5.16 Å². The highest BCUT2D eigenvalue weighted by Gasteiger charge is 2.22. The minimum Gasteiger partial charge on any atom is -0.352 e. The summed E-state index contributed by atoms with van der Waals surface area (Å²) in [6.45, 7) is 4.33. The highest BCUT2D eigenvalue weighted by molar-refractivity contribution is 7.99. The fraction of sp³-hybridized carbons (Fsp3) is 0.786. The van der Waals surface area contributed by atoms with Gasteiger partial charge in [-0.15, -0.1) is 5.10 Å². The Labute approximate surface area is 124 Å². The van der Waals surface area contributed by atoms with E-state index in [0.717, 1.165) is 25.1 Å². The van der Waals surface area contributed by atoms with Gasteiger partial charge in [0.1, 0.15) is 5.82 Å². The first-order chi connectivity index (χ1) is 9.69. The Morgan fingerprint density at radius 3 is 3.00 bits per heavy atom. The molecule has 1 amide bonds. The third-order valence-corrected chi connectivity index (χ3v) is 4.64. The van der Waals surface area contributed by atoms with E-state index in [1.807, 2.05) is 0 Å². The lowest BCUT2D eigenvalue weighted by molar-refractivity contribution is -0.119. The molecule has 5 nitrogen and oxygen atoms in total. The molecule has 1 aliphatic rings. The summed E-state index contributed by atoms with van der Waals surface area (Å²) in [4.78, 5) is 16.3. The standard InChI is InChI=1S/C14H24N4OS/c1-3-6-12-16-14(18-17-12)20-9-13(19)15-11-8-5-4-7-10(11)2/h10-11H,3-9H2,1-2H3,(H,15,19)(H,16,17,18). The van der Waals surface area contributed by atoms with Gasteiger partial charge in [0.2, 0.25) is 11.1 Å². The van der Waals surface area contributed by atoms with Crippen LogP contribution in [0.5, 0.6) is 0 Å². The molecule has 6 heteroatoms. The third kappa shape index (κ3) is 4.51. The van der Waals surface area contributed by atoms with Gasteiger partial charge in [0.05, 0.1) is 5.75 Å². The minimum absolute atomic E-state index is 0.0931. The highest BCUT2D eigenvalue weighted by Crippen LogP contribution is 2.24. The maximum Gasteiger partial charge on any atom is 0.230 e. The average Bonchev–Trinajstić information content (AvgIpc) is 2.87. The van der Waals surface area contributed by atoms with E-state index in [0.29, 0.717) is 22.9 Å². The number of aryl methyl sites for hydroxylation is 1. The normalized spacial score (nSPS) is 22.7. The summed E-state index contributed by atoms with van der Waals surface area (Å²) in [5.41, 5.74) is 0. The van der Waals surface area contributed by atoms with Gasteiger partial charge in [-0.1, -0.05) is 38.5 Å². The van der Waals surface area contributed by atoms with Crippen LogP contribution in [0.25, 0.3) is 0 Å². The predicted molar refractivity (Wildman–Crippen MR) is 80.7 cm³/mol. The molecular formula is C14H24N4OS. The van der Waals surface area contributed by atoms with Crippen LogP contribution in [0.2, 0.25) is 0 Å². The molecular weight excluding hydrogens is 272 g/mol. The third-order valence-electron chi connectivity index (χ3n) is 3.79. The van der Waals surface area contributed by atoms with Gasteiger partial charge >= 0.3 is 0 Å². The molecule has 0 radical (unpaired) electrons. The Bertz CT molecular complexity index is 435. The topological polar surface area (TPSA) is 70.7 Å². The number of thioether (sulfide) groups is 1. The van der Waals surface area contributed by atoms with Gasteiger partial charge in [0, 0.05) is 12.5 Å². The van der Waals surface area contributed by atoms with Crippen molar-refractivity contribution in [3.05, 3.63) is 5.82 Å². The van der Waals surface area contributed by atoms with Crippen molar-refractivity contribution in [3.63, 3.8) is 0 Å². The van der Waals surface area contributed by atoms with E-state index < -0.39 is 0 Å². The van der Waals surface area contributed by atoms with Gasteiger partial charge in [-0.05, 0) is 25.2 Å². The second-order valence-electron chi connectivity index (χ2n) is 5.54. The summed E-state index contributed by atoms with van der Waals surface area (Å²) in [7, 11) is 0. The second kappa shape index (κ2) is 7.67. The molecule has 1 aliphatic carbocycles. The number of rotatable bonds is 6. The van der Waals surface area contributed by atoms with Crippen LogP contribution < -0.4 is 5.32 Å². The molecule has 0 saturated heterocycles. The number of H-pyrrole nitrogens is 1. The number of hydrogen-bond donors (Lipinski definition) is 2. The van der Waals surface area contributed by atoms with Gasteiger partial charge in [-0.2, -0.15) is 0 Å². The summed E-state index contributed by atoms with van der Waals surface area (Å²) >= 11 is 1.40. The second-order valence-corrected chi connectivity index (χ2v) is 6.48. The lowest BCUT2D eigenvalue weighted by Crippen LogP contribution is -2.41. The predicted octanol–water partition coefficient (Wildman–Crippen LogP) is 2.54. The maximum absolute atomic E-state index is 12.0. The molecule has 1 heterocycles. The van der Waals surface area contributed by atoms with Gasteiger partial charge in [-0.3, -0.25) is 9.89 Å². The monoisotopic (exact) mass is 296 g/mol. The molecule has 1 aromatic heterocycles. The number of hydrogen-bond acceptors (Lipinski definition) is 4. The first-order valence-electron chi connectivity index (χ1n) is 7.52. The lowest BCUT2D eigenvalue weighted by Gasteiger charge is -2.29. The van der Waals surface area contributed by atoms with Crippen molar-refractivity contribution in [1.82, 2.24) is 20.5 Å². The molecule has 0 aromatic carbocycles. The number of amides is 1. The number of carbonyl (C=O) groups is 1. The van der Waals surface area contributed by atoms with Crippen LogP contribution in [0.3, 0.4) is 0 Å². The van der Waals surface area contributed by atoms with Gasteiger partial charge in [0.25, 0.3) is 0 Å². The van der Waals surface area contributed by atoms with Gasteiger partial charge in [-0.25, -0.2) is 4.98 Å². The van der Waals surface area contributed by atoms with Crippen LogP contribution in [0.1, 0.15) is 51.8 Å². The van der Waals surface area contributed by atoms with Gasteiger partial charge < -0.3 is 5.32 Å². The minimum atomic E-state index is 0.0931. The fourth-order valence-electron chi connectivity index (χ4n) is 2.60. The van der Waals surface area contributed by atoms with E-state index in [-0.39, 0.29) is 5.91 Å². The van der Waals surface area contributed by atoms with Crippen LogP contribution in [0.4, 0.5) is 0 Å². The quantitative estimate of drug-likeness (QED) is 0.791. The van der Waals surface area contributed by atoms with Crippen LogP contribution in [-0.2, 0) is 11.2 Å². The Morgan fingerprint density at radius 1 is 1.45 bits per heavy atom. The van der Waals surface area contributed by atoms with E-state index in [4.69, 9.17) is 0 Å². The van der Waals surface area contributed by atoms with Crippen molar-refractivity contribution in [2.24, 2.45) is 5.92 Å². The summed E-state index contributed by atoms with van der Waals surface area (Å²) in [5.74, 6) is 1.98. The van der Waals surface area contributed by atoms with E-state index >= 15 is 0 Å². The first kappa shape index (κ1) is 15.4. The highest BCUT2D eigenvalue weighted by atomic mass is 32.2.